The van der Waals surface area contributed by atoms with Gasteiger partial charge in [0.25, 0.3) is 0 Å². The standard InChI is InChI=1S/C13H19NOS/c1-11-8-14-13(10-16(15)9-11)7-12-5-3-2-4-6-12/h2-6,11,13-14H,7-10H2,1H3. The summed E-state index contributed by atoms with van der Waals surface area (Å²) in [5.74, 6) is 2.17. The van der Waals surface area contributed by atoms with Crippen molar-refractivity contribution in [1.29, 1.82) is 0 Å². The highest BCUT2D eigenvalue weighted by Gasteiger charge is 2.20. The van der Waals surface area contributed by atoms with Crippen molar-refractivity contribution >= 4 is 10.8 Å². The fraction of sp³-hybridized carbons (Fsp3) is 0.538. The molecule has 0 spiro atoms. The Morgan fingerprint density at radius 1 is 1.31 bits per heavy atom. The zero-order chi connectivity index (χ0) is 11.4. The molecule has 3 heteroatoms. The Morgan fingerprint density at radius 2 is 2.06 bits per heavy atom. The van der Waals surface area contributed by atoms with Crippen LogP contribution in [0.4, 0.5) is 0 Å². The second kappa shape index (κ2) is 5.60. The molecule has 1 fully saturated rings. The normalized spacial score (nSPS) is 30.9. The Labute approximate surface area is 99.9 Å². The molecule has 0 aliphatic carbocycles. The number of hydrogen-bond acceptors (Lipinski definition) is 2. The molecule has 1 aromatic carbocycles. The largest absolute Gasteiger partial charge is 0.312 e. The molecule has 0 radical (unpaired) electrons. The Morgan fingerprint density at radius 3 is 2.81 bits per heavy atom. The van der Waals surface area contributed by atoms with Crippen LogP contribution in [-0.4, -0.2) is 28.3 Å². The maximum atomic E-state index is 11.8. The number of hydrogen-bond donors (Lipinski definition) is 1. The molecular weight excluding hydrogens is 218 g/mol. The minimum Gasteiger partial charge on any atom is -0.312 e. The number of nitrogens with one attached hydrogen (secondary N) is 1. The topological polar surface area (TPSA) is 29.1 Å². The van der Waals surface area contributed by atoms with Crippen LogP contribution in [0.3, 0.4) is 0 Å². The SMILES string of the molecule is CC1CNC(Cc2ccccc2)CS(=O)C1. The molecule has 88 valence electrons. The molecule has 0 bridgehead atoms. The molecule has 1 aliphatic heterocycles. The lowest BCUT2D eigenvalue weighted by molar-refractivity contribution is 0.502. The van der Waals surface area contributed by atoms with E-state index in [4.69, 9.17) is 0 Å². The average Bonchev–Trinajstić information content (AvgIpc) is 2.41. The van der Waals surface area contributed by atoms with Crippen LogP contribution in [0.1, 0.15) is 12.5 Å². The van der Waals surface area contributed by atoms with Crippen molar-refractivity contribution in [3.63, 3.8) is 0 Å². The zero-order valence-corrected chi connectivity index (χ0v) is 10.5. The van der Waals surface area contributed by atoms with E-state index in [1.54, 1.807) is 0 Å². The van der Waals surface area contributed by atoms with E-state index in [0.29, 0.717) is 12.0 Å². The van der Waals surface area contributed by atoms with Crippen molar-refractivity contribution in [1.82, 2.24) is 5.32 Å². The Bertz CT molecular complexity index is 352. The van der Waals surface area contributed by atoms with Gasteiger partial charge >= 0.3 is 0 Å². The van der Waals surface area contributed by atoms with Crippen LogP contribution in [0.25, 0.3) is 0 Å². The van der Waals surface area contributed by atoms with Gasteiger partial charge in [0.15, 0.2) is 0 Å². The van der Waals surface area contributed by atoms with Gasteiger partial charge in [-0.25, -0.2) is 0 Å². The second-order valence-electron chi connectivity index (χ2n) is 4.67. The van der Waals surface area contributed by atoms with Gasteiger partial charge in [-0.15, -0.1) is 0 Å². The van der Waals surface area contributed by atoms with Crippen molar-refractivity contribution in [3.8, 4) is 0 Å². The van der Waals surface area contributed by atoms with Crippen LogP contribution in [0.5, 0.6) is 0 Å². The third kappa shape index (κ3) is 3.42. The lowest BCUT2D eigenvalue weighted by atomic mass is 10.1. The van der Waals surface area contributed by atoms with E-state index in [2.05, 4.69) is 36.5 Å². The summed E-state index contributed by atoms with van der Waals surface area (Å²) in [4.78, 5) is 0. The smallest absolute Gasteiger partial charge is 0.0392 e. The lowest BCUT2D eigenvalue weighted by Crippen LogP contribution is -2.35. The quantitative estimate of drug-likeness (QED) is 0.846. The Hall–Kier alpha value is -0.670. The first-order valence-corrected chi connectivity index (χ1v) is 7.35. The van der Waals surface area contributed by atoms with Crippen molar-refractivity contribution < 1.29 is 4.21 Å². The molecule has 1 N–H and O–H groups in total. The average molecular weight is 237 g/mol. The second-order valence-corrected chi connectivity index (χ2v) is 6.22. The highest BCUT2D eigenvalue weighted by Crippen LogP contribution is 2.09. The van der Waals surface area contributed by atoms with Crippen molar-refractivity contribution in [3.05, 3.63) is 35.9 Å². The van der Waals surface area contributed by atoms with Crippen LogP contribution < -0.4 is 5.32 Å². The fourth-order valence-electron chi connectivity index (χ4n) is 2.13. The van der Waals surface area contributed by atoms with Gasteiger partial charge in [-0.05, 0) is 24.4 Å². The summed E-state index contributed by atoms with van der Waals surface area (Å²) < 4.78 is 11.8. The zero-order valence-electron chi connectivity index (χ0n) is 9.69. The van der Waals surface area contributed by atoms with Crippen LogP contribution in [0, 0.1) is 5.92 Å². The first kappa shape index (κ1) is 11.8. The lowest BCUT2D eigenvalue weighted by Gasteiger charge is -2.15. The summed E-state index contributed by atoms with van der Waals surface area (Å²) in [6, 6.07) is 10.8. The van der Waals surface area contributed by atoms with Gasteiger partial charge < -0.3 is 5.32 Å². The molecule has 3 atom stereocenters. The summed E-state index contributed by atoms with van der Waals surface area (Å²) in [6.45, 7) is 3.15. The fourth-order valence-corrected chi connectivity index (χ4v) is 3.70. The highest BCUT2D eigenvalue weighted by atomic mass is 32.2. The summed E-state index contributed by atoms with van der Waals surface area (Å²) in [6.07, 6.45) is 0.985. The van der Waals surface area contributed by atoms with Crippen molar-refractivity contribution in [2.24, 2.45) is 5.92 Å². The highest BCUT2D eigenvalue weighted by molar-refractivity contribution is 7.85. The third-order valence-corrected chi connectivity index (χ3v) is 4.65. The molecule has 0 aromatic heterocycles. The van der Waals surface area contributed by atoms with Gasteiger partial charge in [0, 0.05) is 28.3 Å². The number of benzene rings is 1. The van der Waals surface area contributed by atoms with E-state index in [-0.39, 0.29) is 0 Å². The predicted octanol–water partition coefficient (Wildman–Crippen LogP) is 1.59. The molecule has 0 amide bonds. The van der Waals surface area contributed by atoms with E-state index in [1.807, 2.05) is 6.07 Å². The van der Waals surface area contributed by atoms with E-state index in [1.165, 1.54) is 5.56 Å². The van der Waals surface area contributed by atoms with Crippen LogP contribution in [0.15, 0.2) is 30.3 Å². The van der Waals surface area contributed by atoms with Crippen LogP contribution in [0.2, 0.25) is 0 Å². The molecule has 16 heavy (non-hydrogen) atoms. The monoisotopic (exact) mass is 237 g/mol. The van der Waals surface area contributed by atoms with Crippen molar-refractivity contribution in [2.45, 2.75) is 19.4 Å². The summed E-state index contributed by atoms with van der Waals surface area (Å²) in [7, 11) is -0.654. The molecule has 1 aliphatic rings. The first-order valence-electron chi connectivity index (χ1n) is 5.86. The summed E-state index contributed by atoms with van der Waals surface area (Å²) in [5, 5.41) is 3.52. The molecule has 1 saturated heterocycles. The maximum Gasteiger partial charge on any atom is 0.0392 e. The van der Waals surface area contributed by atoms with Crippen LogP contribution >= 0.6 is 0 Å². The minimum absolute atomic E-state index is 0.369. The summed E-state index contributed by atoms with van der Waals surface area (Å²) >= 11 is 0. The van der Waals surface area contributed by atoms with E-state index in [9.17, 15) is 4.21 Å². The van der Waals surface area contributed by atoms with Crippen LogP contribution in [-0.2, 0) is 17.2 Å². The molecule has 2 nitrogen and oxygen atoms in total. The van der Waals surface area contributed by atoms with Crippen molar-refractivity contribution in [2.75, 3.05) is 18.1 Å². The maximum absolute atomic E-state index is 11.8. The Kier molecular flexibility index (Phi) is 4.13. The van der Waals surface area contributed by atoms with E-state index in [0.717, 1.165) is 24.5 Å². The van der Waals surface area contributed by atoms with E-state index >= 15 is 0 Å². The van der Waals surface area contributed by atoms with Gasteiger partial charge in [-0.1, -0.05) is 37.3 Å². The first-order chi connectivity index (χ1) is 7.74. The molecule has 2 rings (SSSR count). The predicted molar refractivity (Wildman–Crippen MR) is 69.0 cm³/mol. The van der Waals surface area contributed by atoms with Gasteiger partial charge in [0.05, 0.1) is 0 Å². The molecule has 1 aromatic rings. The minimum atomic E-state index is -0.654. The molecule has 1 heterocycles. The van der Waals surface area contributed by atoms with Gasteiger partial charge in [0.2, 0.25) is 0 Å². The van der Waals surface area contributed by atoms with Gasteiger partial charge in [-0.2, -0.15) is 0 Å². The Balaban J connectivity index is 1.97. The van der Waals surface area contributed by atoms with Gasteiger partial charge in [-0.3, -0.25) is 4.21 Å². The third-order valence-electron chi connectivity index (χ3n) is 2.94. The van der Waals surface area contributed by atoms with Gasteiger partial charge in [0.1, 0.15) is 0 Å². The summed E-state index contributed by atoms with van der Waals surface area (Å²) in [5.41, 5.74) is 1.33. The number of rotatable bonds is 2. The molecular formula is C13H19NOS. The van der Waals surface area contributed by atoms with E-state index < -0.39 is 10.8 Å². The molecule has 0 saturated carbocycles. The molecule has 3 unspecified atom stereocenters.